The monoisotopic (exact) mass is 267 g/mol. The van der Waals surface area contributed by atoms with Gasteiger partial charge in [0.15, 0.2) is 0 Å². The number of aliphatic hydroxyl groups is 1. The van der Waals surface area contributed by atoms with Crippen LogP contribution in [0.2, 0.25) is 0 Å². The van der Waals surface area contributed by atoms with Gasteiger partial charge in [-0.15, -0.1) is 5.10 Å². The number of nitrogens with zero attached hydrogens (tertiary/aromatic N) is 2. The van der Waals surface area contributed by atoms with Crippen molar-refractivity contribution in [3.05, 3.63) is 34.7 Å². The standard InChI is InChI=1S/C11H13N3O3S/c1-7-10(18-14-13-7)11(16)12-4-2-9(15)8-3-5-17-6-8/h3,5-6,9,15H,2,4H2,1H3,(H,12,16). The minimum Gasteiger partial charge on any atom is -0.472 e. The van der Waals surface area contributed by atoms with E-state index in [2.05, 4.69) is 14.9 Å². The summed E-state index contributed by atoms with van der Waals surface area (Å²) in [6, 6.07) is 1.70. The number of hydrogen-bond donors (Lipinski definition) is 2. The molecule has 0 fully saturated rings. The summed E-state index contributed by atoms with van der Waals surface area (Å²) in [6.45, 7) is 2.11. The van der Waals surface area contributed by atoms with Crippen molar-refractivity contribution in [2.45, 2.75) is 19.4 Å². The minimum atomic E-state index is -0.635. The topological polar surface area (TPSA) is 88.2 Å². The third-order valence-electron chi connectivity index (χ3n) is 2.49. The van der Waals surface area contributed by atoms with Crippen molar-refractivity contribution in [2.24, 2.45) is 0 Å². The van der Waals surface area contributed by atoms with Crippen LogP contribution in [0.3, 0.4) is 0 Å². The molecule has 0 spiro atoms. The number of rotatable bonds is 5. The molecule has 96 valence electrons. The van der Waals surface area contributed by atoms with E-state index in [1.807, 2.05) is 0 Å². The summed E-state index contributed by atoms with van der Waals surface area (Å²) in [4.78, 5) is 12.2. The van der Waals surface area contributed by atoms with E-state index < -0.39 is 6.10 Å². The van der Waals surface area contributed by atoms with Gasteiger partial charge in [0.1, 0.15) is 4.88 Å². The fourth-order valence-electron chi connectivity index (χ4n) is 1.47. The van der Waals surface area contributed by atoms with Crippen LogP contribution in [0, 0.1) is 6.92 Å². The maximum absolute atomic E-state index is 11.7. The second kappa shape index (κ2) is 5.74. The first-order valence-corrected chi connectivity index (χ1v) is 6.23. The van der Waals surface area contributed by atoms with Gasteiger partial charge >= 0.3 is 0 Å². The lowest BCUT2D eigenvalue weighted by Gasteiger charge is -2.08. The van der Waals surface area contributed by atoms with Gasteiger partial charge < -0.3 is 14.8 Å². The maximum Gasteiger partial charge on any atom is 0.264 e. The molecule has 7 heteroatoms. The molecule has 0 aliphatic heterocycles. The van der Waals surface area contributed by atoms with Gasteiger partial charge in [0.05, 0.1) is 24.3 Å². The second-order valence-electron chi connectivity index (χ2n) is 3.80. The number of aliphatic hydroxyl groups excluding tert-OH is 1. The molecule has 18 heavy (non-hydrogen) atoms. The minimum absolute atomic E-state index is 0.207. The molecule has 2 aromatic rings. The predicted molar refractivity (Wildman–Crippen MR) is 65.3 cm³/mol. The first-order valence-electron chi connectivity index (χ1n) is 5.46. The normalized spacial score (nSPS) is 12.3. The summed E-state index contributed by atoms with van der Waals surface area (Å²) in [5.74, 6) is -0.207. The molecule has 1 amide bonds. The summed E-state index contributed by atoms with van der Waals surface area (Å²) in [5.41, 5.74) is 1.33. The molecule has 0 aromatic carbocycles. The van der Waals surface area contributed by atoms with Gasteiger partial charge in [0, 0.05) is 12.1 Å². The molecule has 0 aliphatic carbocycles. The van der Waals surface area contributed by atoms with Gasteiger partial charge in [-0.1, -0.05) is 4.49 Å². The van der Waals surface area contributed by atoms with Crippen molar-refractivity contribution >= 4 is 17.4 Å². The maximum atomic E-state index is 11.7. The van der Waals surface area contributed by atoms with Crippen LogP contribution >= 0.6 is 11.5 Å². The zero-order valence-corrected chi connectivity index (χ0v) is 10.6. The van der Waals surface area contributed by atoms with Crippen LogP contribution in [0.25, 0.3) is 0 Å². The van der Waals surface area contributed by atoms with Crippen LogP contribution in [0.4, 0.5) is 0 Å². The van der Waals surface area contributed by atoms with E-state index in [-0.39, 0.29) is 5.91 Å². The van der Waals surface area contributed by atoms with E-state index in [9.17, 15) is 9.90 Å². The SMILES string of the molecule is Cc1nnsc1C(=O)NCCC(O)c1ccoc1. The quantitative estimate of drug-likeness (QED) is 0.852. The Morgan fingerprint density at radius 2 is 2.50 bits per heavy atom. The molecular weight excluding hydrogens is 254 g/mol. The Morgan fingerprint density at radius 3 is 3.11 bits per heavy atom. The second-order valence-corrected chi connectivity index (χ2v) is 4.56. The Balaban J connectivity index is 1.79. The van der Waals surface area contributed by atoms with E-state index in [0.717, 1.165) is 11.5 Å². The summed E-state index contributed by atoms with van der Waals surface area (Å²) in [5, 5.41) is 16.3. The highest BCUT2D eigenvalue weighted by Gasteiger charge is 2.14. The highest BCUT2D eigenvalue weighted by molar-refractivity contribution is 7.07. The van der Waals surface area contributed by atoms with Crippen molar-refractivity contribution in [1.82, 2.24) is 14.9 Å². The summed E-state index contributed by atoms with van der Waals surface area (Å²) < 4.78 is 8.57. The fraction of sp³-hybridized carbons (Fsp3) is 0.364. The molecule has 1 unspecified atom stereocenters. The number of carbonyl (C=O) groups excluding carboxylic acids is 1. The van der Waals surface area contributed by atoms with Crippen LogP contribution in [0.15, 0.2) is 23.0 Å². The van der Waals surface area contributed by atoms with Crippen molar-refractivity contribution < 1.29 is 14.3 Å². The van der Waals surface area contributed by atoms with Crippen molar-refractivity contribution in [2.75, 3.05) is 6.54 Å². The number of hydrogen-bond acceptors (Lipinski definition) is 6. The van der Waals surface area contributed by atoms with Gasteiger partial charge in [-0.05, 0) is 30.9 Å². The van der Waals surface area contributed by atoms with Crippen LogP contribution in [-0.4, -0.2) is 27.1 Å². The number of aromatic nitrogens is 2. The van der Waals surface area contributed by atoms with Gasteiger partial charge in [0.2, 0.25) is 0 Å². The molecule has 0 bridgehead atoms. The smallest absolute Gasteiger partial charge is 0.264 e. The van der Waals surface area contributed by atoms with Gasteiger partial charge in [0.25, 0.3) is 5.91 Å². The molecule has 0 saturated heterocycles. The average Bonchev–Trinajstić information content (AvgIpc) is 2.99. The molecule has 0 saturated carbocycles. The summed E-state index contributed by atoms with van der Waals surface area (Å²) in [7, 11) is 0. The van der Waals surface area contributed by atoms with E-state index in [1.54, 1.807) is 13.0 Å². The Hall–Kier alpha value is -1.73. The Bertz CT molecular complexity index is 509. The van der Waals surface area contributed by atoms with Gasteiger partial charge in [-0.2, -0.15) is 0 Å². The highest BCUT2D eigenvalue weighted by Crippen LogP contribution is 2.16. The van der Waals surface area contributed by atoms with Crippen molar-refractivity contribution in [3.8, 4) is 0 Å². The molecule has 2 heterocycles. The number of carbonyl (C=O) groups is 1. The Kier molecular flexibility index (Phi) is 4.06. The van der Waals surface area contributed by atoms with Crippen LogP contribution in [0.5, 0.6) is 0 Å². The third-order valence-corrected chi connectivity index (χ3v) is 3.32. The van der Waals surface area contributed by atoms with Crippen molar-refractivity contribution in [1.29, 1.82) is 0 Å². The van der Waals surface area contributed by atoms with Gasteiger partial charge in [-0.3, -0.25) is 4.79 Å². The lowest BCUT2D eigenvalue weighted by Crippen LogP contribution is -2.25. The molecule has 0 aliphatic rings. The molecule has 0 radical (unpaired) electrons. The Morgan fingerprint density at radius 1 is 1.67 bits per heavy atom. The Labute approximate surface area is 108 Å². The molecule has 2 aromatic heterocycles. The highest BCUT2D eigenvalue weighted by atomic mass is 32.1. The summed E-state index contributed by atoms with van der Waals surface area (Å²) >= 11 is 1.06. The number of aryl methyl sites for hydroxylation is 1. The van der Waals surface area contributed by atoms with E-state index >= 15 is 0 Å². The number of amides is 1. The number of furan rings is 1. The van der Waals surface area contributed by atoms with Crippen LogP contribution < -0.4 is 5.32 Å². The predicted octanol–water partition coefficient (Wildman–Crippen LogP) is 1.29. The van der Waals surface area contributed by atoms with E-state index in [0.29, 0.717) is 29.1 Å². The van der Waals surface area contributed by atoms with Crippen LogP contribution in [-0.2, 0) is 0 Å². The molecule has 6 nitrogen and oxygen atoms in total. The molecule has 2 N–H and O–H groups in total. The first kappa shape index (κ1) is 12.7. The molecular formula is C11H13N3O3S. The lowest BCUT2D eigenvalue weighted by molar-refractivity contribution is 0.0946. The zero-order chi connectivity index (χ0) is 13.0. The average molecular weight is 267 g/mol. The van der Waals surface area contributed by atoms with Crippen LogP contribution in [0.1, 0.15) is 33.5 Å². The fourth-order valence-corrected chi connectivity index (χ4v) is 2.05. The zero-order valence-electron chi connectivity index (χ0n) is 9.79. The van der Waals surface area contributed by atoms with Gasteiger partial charge in [-0.25, -0.2) is 0 Å². The third kappa shape index (κ3) is 2.93. The molecule has 1 atom stereocenters. The lowest BCUT2D eigenvalue weighted by atomic mass is 10.1. The number of nitrogens with one attached hydrogen (secondary N) is 1. The van der Waals surface area contributed by atoms with E-state index in [4.69, 9.17) is 4.42 Å². The van der Waals surface area contributed by atoms with Crippen molar-refractivity contribution in [3.63, 3.8) is 0 Å². The van der Waals surface area contributed by atoms with E-state index in [1.165, 1.54) is 12.5 Å². The largest absolute Gasteiger partial charge is 0.472 e. The summed E-state index contributed by atoms with van der Waals surface area (Å²) in [6.07, 6.45) is 2.79. The first-order chi connectivity index (χ1) is 8.68. The molecule has 2 rings (SSSR count).